The first-order valence-electron chi connectivity index (χ1n) is 8.19. The fourth-order valence-corrected chi connectivity index (χ4v) is 4.41. The molecule has 1 aliphatic heterocycles. The topological polar surface area (TPSA) is 66.5 Å². The van der Waals surface area contributed by atoms with E-state index < -0.39 is 10.0 Å². The molecule has 1 saturated heterocycles. The van der Waals surface area contributed by atoms with E-state index in [1.165, 1.54) is 0 Å². The van der Waals surface area contributed by atoms with Gasteiger partial charge in [-0.3, -0.25) is 4.79 Å². The second kappa shape index (κ2) is 7.45. The van der Waals surface area contributed by atoms with Crippen LogP contribution in [-0.2, 0) is 14.8 Å². The van der Waals surface area contributed by atoms with Crippen LogP contribution in [0.2, 0.25) is 0 Å². The molecule has 1 amide bonds. The van der Waals surface area contributed by atoms with Crippen LogP contribution < -0.4 is 5.32 Å². The lowest BCUT2D eigenvalue weighted by Gasteiger charge is -2.30. The van der Waals surface area contributed by atoms with Gasteiger partial charge in [-0.15, -0.1) is 0 Å². The van der Waals surface area contributed by atoms with Crippen LogP contribution in [0.3, 0.4) is 0 Å². The molecular weight excluding hydrogens is 312 g/mol. The summed E-state index contributed by atoms with van der Waals surface area (Å²) in [5.41, 5.74) is 0.626. The van der Waals surface area contributed by atoms with Crippen molar-refractivity contribution in [1.82, 2.24) is 4.31 Å². The van der Waals surface area contributed by atoms with Crippen LogP contribution in [-0.4, -0.2) is 31.7 Å². The molecule has 23 heavy (non-hydrogen) atoms. The largest absolute Gasteiger partial charge is 0.326 e. The first-order chi connectivity index (χ1) is 10.8. The summed E-state index contributed by atoms with van der Waals surface area (Å²) in [4.78, 5) is 12.0. The SMILES string of the molecule is CC(C)CC(=O)Nc1ccc(S(=O)(=O)N2CCCC(C)C2)cc1. The molecule has 128 valence electrons. The van der Waals surface area contributed by atoms with Gasteiger partial charge in [0.1, 0.15) is 0 Å². The Morgan fingerprint density at radius 1 is 1.30 bits per heavy atom. The van der Waals surface area contributed by atoms with Crippen LogP contribution >= 0.6 is 0 Å². The molecular formula is C17H26N2O3S. The molecule has 1 N–H and O–H groups in total. The molecule has 0 radical (unpaired) electrons. The maximum atomic E-state index is 12.7. The number of carbonyl (C=O) groups excluding carboxylic acids is 1. The Hall–Kier alpha value is -1.40. The van der Waals surface area contributed by atoms with E-state index in [0.29, 0.717) is 31.1 Å². The minimum Gasteiger partial charge on any atom is -0.326 e. The van der Waals surface area contributed by atoms with Crippen LogP contribution in [0.5, 0.6) is 0 Å². The number of benzene rings is 1. The van der Waals surface area contributed by atoms with Crippen molar-refractivity contribution >= 4 is 21.6 Å². The van der Waals surface area contributed by atoms with E-state index in [4.69, 9.17) is 0 Å². The molecule has 0 aliphatic carbocycles. The second-order valence-electron chi connectivity index (χ2n) is 6.78. The maximum absolute atomic E-state index is 12.7. The van der Waals surface area contributed by atoms with Crippen LogP contribution in [0.1, 0.15) is 40.0 Å². The first-order valence-corrected chi connectivity index (χ1v) is 9.63. The lowest BCUT2D eigenvalue weighted by molar-refractivity contribution is -0.116. The number of rotatable bonds is 5. The third kappa shape index (κ3) is 4.78. The van der Waals surface area contributed by atoms with Crippen LogP contribution in [0.4, 0.5) is 5.69 Å². The number of sulfonamides is 1. The van der Waals surface area contributed by atoms with Gasteiger partial charge in [-0.05, 0) is 48.9 Å². The first kappa shape index (κ1) is 17.9. The summed E-state index contributed by atoms with van der Waals surface area (Å²) >= 11 is 0. The number of hydrogen-bond acceptors (Lipinski definition) is 3. The zero-order chi connectivity index (χ0) is 17.0. The minimum absolute atomic E-state index is 0.0551. The summed E-state index contributed by atoms with van der Waals surface area (Å²) in [6, 6.07) is 6.44. The van der Waals surface area contributed by atoms with Gasteiger partial charge in [-0.25, -0.2) is 8.42 Å². The molecule has 6 heteroatoms. The van der Waals surface area contributed by atoms with Gasteiger partial charge in [-0.1, -0.05) is 20.8 Å². The van der Waals surface area contributed by atoms with E-state index in [1.54, 1.807) is 28.6 Å². The van der Waals surface area contributed by atoms with Gasteiger partial charge < -0.3 is 5.32 Å². The van der Waals surface area contributed by atoms with Gasteiger partial charge in [0.05, 0.1) is 4.90 Å². The summed E-state index contributed by atoms with van der Waals surface area (Å²) in [6.07, 6.45) is 2.43. The Morgan fingerprint density at radius 2 is 1.96 bits per heavy atom. The van der Waals surface area contributed by atoms with Crippen LogP contribution in [0.25, 0.3) is 0 Å². The molecule has 0 bridgehead atoms. The van der Waals surface area contributed by atoms with Gasteiger partial charge in [0.15, 0.2) is 0 Å². The van der Waals surface area contributed by atoms with Crippen molar-refractivity contribution in [1.29, 1.82) is 0 Å². The van der Waals surface area contributed by atoms with Gasteiger partial charge in [0.2, 0.25) is 15.9 Å². The number of piperidine rings is 1. The predicted octanol–water partition coefficient (Wildman–Crippen LogP) is 3.09. The zero-order valence-corrected chi connectivity index (χ0v) is 14.9. The molecule has 1 atom stereocenters. The number of carbonyl (C=O) groups is 1. The van der Waals surface area contributed by atoms with Crippen LogP contribution in [0, 0.1) is 11.8 Å². The molecule has 1 heterocycles. The third-order valence-electron chi connectivity index (χ3n) is 3.99. The minimum atomic E-state index is -3.44. The van der Waals surface area contributed by atoms with Crippen molar-refractivity contribution in [3.63, 3.8) is 0 Å². The number of nitrogens with zero attached hydrogens (tertiary/aromatic N) is 1. The fourth-order valence-electron chi connectivity index (χ4n) is 2.81. The standard InChI is InChI=1S/C17H26N2O3S/c1-13(2)11-17(20)18-15-6-8-16(9-7-15)23(21,22)19-10-4-5-14(3)12-19/h6-9,13-14H,4-5,10-12H2,1-3H3,(H,18,20). The van der Waals surface area contributed by atoms with Crippen molar-refractivity contribution in [2.45, 2.75) is 44.9 Å². The van der Waals surface area contributed by atoms with Crippen molar-refractivity contribution in [2.24, 2.45) is 11.8 Å². The molecule has 0 spiro atoms. The lowest BCUT2D eigenvalue weighted by Crippen LogP contribution is -2.39. The highest BCUT2D eigenvalue weighted by Gasteiger charge is 2.28. The van der Waals surface area contributed by atoms with Crippen LogP contribution in [0.15, 0.2) is 29.2 Å². The van der Waals surface area contributed by atoms with Gasteiger partial charge in [0, 0.05) is 25.2 Å². The molecule has 1 aromatic rings. The van der Waals surface area contributed by atoms with E-state index in [9.17, 15) is 13.2 Å². The van der Waals surface area contributed by atoms with Gasteiger partial charge in [0.25, 0.3) is 0 Å². The zero-order valence-electron chi connectivity index (χ0n) is 14.1. The van der Waals surface area contributed by atoms with Crippen molar-refractivity contribution in [3.8, 4) is 0 Å². The molecule has 0 aromatic heterocycles. The normalized spacial score (nSPS) is 19.7. The van der Waals surface area contributed by atoms with Gasteiger partial charge in [-0.2, -0.15) is 4.31 Å². The molecule has 5 nitrogen and oxygen atoms in total. The molecule has 1 unspecified atom stereocenters. The Kier molecular flexibility index (Phi) is 5.81. The molecule has 1 aliphatic rings. The smallest absolute Gasteiger partial charge is 0.243 e. The summed E-state index contributed by atoms with van der Waals surface area (Å²) < 4.78 is 26.9. The van der Waals surface area contributed by atoms with E-state index in [2.05, 4.69) is 12.2 Å². The van der Waals surface area contributed by atoms with E-state index >= 15 is 0 Å². The monoisotopic (exact) mass is 338 g/mol. The highest BCUT2D eigenvalue weighted by atomic mass is 32.2. The summed E-state index contributed by atoms with van der Waals surface area (Å²) in [5, 5.41) is 2.79. The average Bonchev–Trinajstić information content (AvgIpc) is 2.47. The van der Waals surface area contributed by atoms with Gasteiger partial charge >= 0.3 is 0 Å². The highest BCUT2D eigenvalue weighted by molar-refractivity contribution is 7.89. The molecule has 1 fully saturated rings. The maximum Gasteiger partial charge on any atom is 0.243 e. The number of anilines is 1. The highest BCUT2D eigenvalue weighted by Crippen LogP contribution is 2.24. The summed E-state index contributed by atoms with van der Waals surface area (Å²) in [7, 11) is -3.44. The Morgan fingerprint density at radius 3 is 2.52 bits per heavy atom. The number of nitrogens with one attached hydrogen (secondary N) is 1. The quantitative estimate of drug-likeness (QED) is 0.897. The molecule has 2 rings (SSSR count). The molecule has 1 aromatic carbocycles. The third-order valence-corrected chi connectivity index (χ3v) is 5.87. The lowest BCUT2D eigenvalue weighted by atomic mass is 10.0. The van der Waals surface area contributed by atoms with Crippen molar-refractivity contribution < 1.29 is 13.2 Å². The fraction of sp³-hybridized carbons (Fsp3) is 0.588. The van der Waals surface area contributed by atoms with E-state index in [-0.39, 0.29) is 16.7 Å². The molecule has 0 saturated carbocycles. The Labute approximate surface area is 139 Å². The Balaban J connectivity index is 2.07. The van der Waals surface area contributed by atoms with E-state index in [1.807, 2.05) is 13.8 Å². The summed E-state index contributed by atoms with van der Waals surface area (Å²) in [6.45, 7) is 7.20. The van der Waals surface area contributed by atoms with Crippen molar-refractivity contribution in [2.75, 3.05) is 18.4 Å². The second-order valence-corrected chi connectivity index (χ2v) is 8.72. The predicted molar refractivity (Wildman–Crippen MR) is 91.7 cm³/mol. The van der Waals surface area contributed by atoms with E-state index in [0.717, 1.165) is 12.8 Å². The van der Waals surface area contributed by atoms with Crippen molar-refractivity contribution in [3.05, 3.63) is 24.3 Å². The average molecular weight is 338 g/mol. The number of hydrogen-bond donors (Lipinski definition) is 1. The summed E-state index contributed by atoms with van der Waals surface area (Å²) in [5.74, 6) is 0.629. The Bertz CT molecular complexity index is 638. The number of amides is 1.